The van der Waals surface area contributed by atoms with Gasteiger partial charge in [0.2, 0.25) is 0 Å². The van der Waals surface area contributed by atoms with Crippen molar-refractivity contribution >= 4 is 17.3 Å². The molecule has 0 bridgehead atoms. The third kappa shape index (κ3) is 5.12. The maximum atomic E-state index is 13.6. The number of hydrogen-bond donors (Lipinski definition) is 1. The van der Waals surface area contributed by atoms with E-state index in [9.17, 15) is 14.3 Å². The van der Waals surface area contributed by atoms with Crippen LogP contribution in [0.2, 0.25) is 5.02 Å². The van der Waals surface area contributed by atoms with Gasteiger partial charge in [0.05, 0.1) is 18.2 Å². The Kier molecular flexibility index (Phi) is 7.56. The molecule has 1 aliphatic rings. The Bertz CT molecular complexity index is 1170. The zero-order chi connectivity index (χ0) is 24.2. The summed E-state index contributed by atoms with van der Waals surface area (Å²) in [5.74, 6) is -0.276. The third-order valence-electron chi connectivity index (χ3n) is 6.37. The molecule has 1 atom stereocenters. The minimum Gasteiger partial charge on any atom is -0.507 e. The molecule has 0 amide bonds. The zero-order valence-corrected chi connectivity index (χ0v) is 20.1. The van der Waals surface area contributed by atoms with Gasteiger partial charge in [-0.15, -0.1) is 0 Å². The highest BCUT2D eigenvalue weighted by atomic mass is 35.5. The third-order valence-corrected chi connectivity index (χ3v) is 6.62. The van der Waals surface area contributed by atoms with E-state index in [4.69, 9.17) is 16.3 Å². The van der Waals surface area contributed by atoms with Crippen molar-refractivity contribution in [3.63, 3.8) is 0 Å². The first kappa shape index (κ1) is 24.3. The molecule has 1 aliphatic heterocycles. The molecule has 3 aromatic rings. The first-order valence-electron chi connectivity index (χ1n) is 11.3. The molecule has 0 saturated carbocycles. The molecule has 8 heteroatoms. The Labute approximate surface area is 203 Å². The van der Waals surface area contributed by atoms with Gasteiger partial charge in [0.1, 0.15) is 11.6 Å². The summed E-state index contributed by atoms with van der Waals surface area (Å²) < 4.78 is 20.2. The largest absolute Gasteiger partial charge is 0.507 e. The minimum absolute atomic E-state index is 0.0166. The van der Waals surface area contributed by atoms with Crippen LogP contribution in [0, 0.1) is 12.7 Å². The van der Waals surface area contributed by atoms with Crippen molar-refractivity contribution in [1.82, 2.24) is 9.47 Å². The number of methoxy groups -OCH3 is 1. The highest BCUT2D eigenvalue weighted by Gasteiger charge is 2.31. The maximum Gasteiger partial charge on any atom is 0.259 e. The fourth-order valence-corrected chi connectivity index (χ4v) is 4.71. The van der Waals surface area contributed by atoms with Gasteiger partial charge in [0.15, 0.2) is 0 Å². The van der Waals surface area contributed by atoms with Crippen LogP contribution in [0.15, 0.2) is 59.4 Å². The van der Waals surface area contributed by atoms with Crippen LogP contribution in [0.25, 0.3) is 0 Å². The summed E-state index contributed by atoms with van der Waals surface area (Å²) in [6.07, 6.45) is 0. The van der Waals surface area contributed by atoms with Gasteiger partial charge in [0, 0.05) is 56.2 Å². The van der Waals surface area contributed by atoms with Crippen molar-refractivity contribution in [2.45, 2.75) is 19.5 Å². The molecule has 1 fully saturated rings. The van der Waals surface area contributed by atoms with E-state index in [0.717, 1.165) is 11.3 Å². The van der Waals surface area contributed by atoms with E-state index in [1.807, 2.05) is 12.1 Å². The highest BCUT2D eigenvalue weighted by Crippen LogP contribution is 2.34. The van der Waals surface area contributed by atoms with E-state index in [-0.39, 0.29) is 17.1 Å². The number of halogens is 2. The van der Waals surface area contributed by atoms with Crippen LogP contribution in [0.4, 0.5) is 10.1 Å². The van der Waals surface area contributed by atoms with Crippen molar-refractivity contribution in [2.75, 3.05) is 44.8 Å². The van der Waals surface area contributed by atoms with Gasteiger partial charge in [-0.05, 0) is 55.0 Å². The van der Waals surface area contributed by atoms with E-state index in [2.05, 4.69) is 9.80 Å². The van der Waals surface area contributed by atoms with Crippen LogP contribution in [0.1, 0.15) is 22.9 Å². The summed E-state index contributed by atoms with van der Waals surface area (Å²) in [6, 6.07) is 15.1. The Hall–Kier alpha value is -2.87. The van der Waals surface area contributed by atoms with Gasteiger partial charge in [-0.3, -0.25) is 9.69 Å². The number of benzene rings is 2. The number of anilines is 1. The standard InChI is InChI=1S/C26H29ClFN3O3/c1-18-17-23(32)24(26(33)31(18)15-16-34-2)25(19-3-5-20(27)6-4-19)30-13-11-29(12-14-30)22-9-7-21(28)8-10-22/h3-10,17,25,32H,11-16H2,1-2H3/t25-/m0/s1. The topological polar surface area (TPSA) is 57.9 Å². The number of nitrogens with zero attached hydrogens (tertiary/aromatic N) is 3. The van der Waals surface area contributed by atoms with Gasteiger partial charge >= 0.3 is 0 Å². The number of ether oxygens (including phenoxy) is 1. The lowest BCUT2D eigenvalue weighted by atomic mass is 9.96. The molecule has 6 nitrogen and oxygen atoms in total. The van der Waals surface area contributed by atoms with Crippen molar-refractivity contribution < 1.29 is 14.2 Å². The first-order chi connectivity index (χ1) is 16.4. The molecule has 0 spiro atoms. The van der Waals surface area contributed by atoms with Crippen LogP contribution in [-0.2, 0) is 11.3 Å². The second-order valence-corrected chi connectivity index (χ2v) is 8.92. The predicted molar refractivity (Wildman–Crippen MR) is 132 cm³/mol. The van der Waals surface area contributed by atoms with Crippen molar-refractivity contribution in [1.29, 1.82) is 0 Å². The number of aromatic hydroxyl groups is 1. The zero-order valence-electron chi connectivity index (χ0n) is 19.4. The quantitative estimate of drug-likeness (QED) is 0.543. The number of rotatable bonds is 7. The van der Waals surface area contributed by atoms with E-state index >= 15 is 0 Å². The Morgan fingerprint density at radius 2 is 1.71 bits per heavy atom. The van der Waals surface area contributed by atoms with Crippen LogP contribution >= 0.6 is 11.6 Å². The highest BCUT2D eigenvalue weighted by molar-refractivity contribution is 6.30. The molecule has 1 saturated heterocycles. The number of aryl methyl sites for hydroxylation is 1. The van der Waals surface area contributed by atoms with Crippen LogP contribution in [-0.4, -0.2) is 54.5 Å². The molecule has 1 N–H and O–H groups in total. The molecular weight excluding hydrogens is 457 g/mol. The van der Waals surface area contributed by atoms with E-state index in [1.165, 1.54) is 12.1 Å². The predicted octanol–water partition coefficient (Wildman–Crippen LogP) is 4.21. The number of hydrogen-bond acceptors (Lipinski definition) is 5. The smallest absolute Gasteiger partial charge is 0.259 e. The summed E-state index contributed by atoms with van der Waals surface area (Å²) >= 11 is 6.14. The molecule has 4 rings (SSSR count). The van der Waals surface area contributed by atoms with Gasteiger partial charge in [-0.25, -0.2) is 4.39 Å². The van der Waals surface area contributed by atoms with Crippen molar-refractivity contribution in [3.05, 3.63) is 92.6 Å². The fourth-order valence-electron chi connectivity index (χ4n) is 4.58. The SMILES string of the molecule is COCCn1c(C)cc(O)c([C@H](c2ccc(Cl)cc2)N2CCN(c3ccc(F)cc3)CC2)c1=O. The van der Waals surface area contributed by atoms with Crippen molar-refractivity contribution in [3.8, 4) is 5.75 Å². The maximum absolute atomic E-state index is 13.6. The van der Waals surface area contributed by atoms with Gasteiger partial charge in [-0.2, -0.15) is 0 Å². The summed E-state index contributed by atoms with van der Waals surface area (Å²) in [6.45, 7) is 5.35. The minimum atomic E-state index is -0.436. The Morgan fingerprint density at radius 1 is 1.06 bits per heavy atom. The summed E-state index contributed by atoms with van der Waals surface area (Å²) in [4.78, 5) is 18.0. The molecule has 0 unspecified atom stereocenters. The molecule has 180 valence electrons. The fraction of sp³-hybridized carbons (Fsp3) is 0.346. The second-order valence-electron chi connectivity index (χ2n) is 8.49. The molecule has 0 radical (unpaired) electrons. The van der Waals surface area contributed by atoms with E-state index in [0.29, 0.717) is 55.6 Å². The Morgan fingerprint density at radius 3 is 2.32 bits per heavy atom. The molecule has 0 aliphatic carbocycles. The second kappa shape index (κ2) is 10.6. The average Bonchev–Trinajstić information content (AvgIpc) is 2.83. The lowest BCUT2D eigenvalue weighted by molar-refractivity contribution is 0.183. The lowest BCUT2D eigenvalue weighted by Gasteiger charge is -2.40. The van der Waals surface area contributed by atoms with E-state index in [1.54, 1.807) is 48.9 Å². The molecular formula is C26H29ClFN3O3. The van der Waals surface area contributed by atoms with Gasteiger partial charge in [0.25, 0.3) is 5.56 Å². The summed E-state index contributed by atoms with van der Waals surface area (Å²) in [5, 5.41) is 11.6. The monoisotopic (exact) mass is 485 g/mol. The number of pyridine rings is 1. The molecule has 34 heavy (non-hydrogen) atoms. The van der Waals surface area contributed by atoms with E-state index < -0.39 is 6.04 Å². The average molecular weight is 486 g/mol. The van der Waals surface area contributed by atoms with Crippen LogP contribution < -0.4 is 10.5 Å². The molecule has 2 aromatic carbocycles. The number of aromatic nitrogens is 1. The summed E-state index contributed by atoms with van der Waals surface area (Å²) in [5.41, 5.74) is 2.65. The normalized spacial score (nSPS) is 15.5. The first-order valence-corrected chi connectivity index (χ1v) is 11.7. The Balaban J connectivity index is 1.70. The number of piperazine rings is 1. The van der Waals surface area contributed by atoms with Crippen molar-refractivity contribution in [2.24, 2.45) is 0 Å². The van der Waals surface area contributed by atoms with Gasteiger partial charge < -0.3 is 19.3 Å². The lowest BCUT2D eigenvalue weighted by Crippen LogP contribution is -2.49. The molecule has 2 heterocycles. The van der Waals surface area contributed by atoms with Crippen LogP contribution in [0.5, 0.6) is 5.75 Å². The summed E-state index contributed by atoms with van der Waals surface area (Å²) in [7, 11) is 1.60. The molecule has 1 aromatic heterocycles. The van der Waals surface area contributed by atoms with Gasteiger partial charge in [-0.1, -0.05) is 23.7 Å². The van der Waals surface area contributed by atoms with Crippen LogP contribution in [0.3, 0.4) is 0 Å².